The molecule has 0 amide bonds. The van der Waals surface area contributed by atoms with Gasteiger partial charge in [-0.2, -0.15) is 10.4 Å². The van der Waals surface area contributed by atoms with Crippen molar-refractivity contribution in [1.29, 1.82) is 5.26 Å². The molecule has 0 aliphatic heterocycles. The minimum atomic E-state index is -0.319. The second kappa shape index (κ2) is 4.23. The largest absolute Gasteiger partial charge is 0.250 e. The molecule has 0 fully saturated rings. The number of nitriles is 1. The molecule has 0 saturated carbocycles. The third kappa shape index (κ3) is 2.11. The molecular weight excluding hydrogens is 176 g/mol. The summed E-state index contributed by atoms with van der Waals surface area (Å²) in [6, 6.07) is 2.34. The second-order valence-corrected chi connectivity index (χ2v) is 3.69. The van der Waals surface area contributed by atoms with Crippen molar-refractivity contribution >= 4 is 0 Å². The molecule has 4 heteroatoms. The van der Waals surface area contributed by atoms with Crippen LogP contribution in [0.15, 0.2) is 6.33 Å². The zero-order valence-electron chi connectivity index (χ0n) is 8.99. The summed E-state index contributed by atoms with van der Waals surface area (Å²) in [5.41, 5.74) is -0.319. The van der Waals surface area contributed by atoms with E-state index in [9.17, 15) is 0 Å². The first kappa shape index (κ1) is 10.7. The smallest absolute Gasteiger partial charge is 0.138 e. The summed E-state index contributed by atoms with van der Waals surface area (Å²) in [7, 11) is 0. The molecule has 1 atom stereocenters. The molecule has 1 unspecified atom stereocenters. The maximum Gasteiger partial charge on any atom is 0.138 e. The Morgan fingerprint density at radius 2 is 2.29 bits per heavy atom. The molecule has 0 saturated heterocycles. The molecule has 0 aliphatic carbocycles. The van der Waals surface area contributed by atoms with Crippen LogP contribution in [0.4, 0.5) is 0 Å². The van der Waals surface area contributed by atoms with E-state index in [2.05, 4.69) is 16.2 Å². The van der Waals surface area contributed by atoms with Gasteiger partial charge >= 0.3 is 0 Å². The molecule has 1 aromatic heterocycles. The van der Waals surface area contributed by atoms with Gasteiger partial charge in [0.15, 0.2) is 0 Å². The van der Waals surface area contributed by atoms with Crippen LogP contribution in [0.1, 0.15) is 33.0 Å². The Labute approximate surface area is 84.6 Å². The maximum atomic E-state index is 9.04. The SMILES string of the molecule is CCn1ncnc1CC(C)(C#N)CC. The first-order chi connectivity index (χ1) is 6.65. The minimum absolute atomic E-state index is 0.319. The fraction of sp³-hybridized carbons (Fsp3) is 0.700. The highest BCUT2D eigenvalue weighted by Gasteiger charge is 2.24. The average molecular weight is 192 g/mol. The van der Waals surface area contributed by atoms with Gasteiger partial charge in [-0.25, -0.2) is 4.98 Å². The Morgan fingerprint density at radius 3 is 2.79 bits per heavy atom. The lowest BCUT2D eigenvalue weighted by atomic mass is 9.85. The first-order valence-corrected chi connectivity index (χ1v) is 4.93. The van der Waals surface area contributed by atoms with E-state index < -0.39 is 0 Å². The third-order valence-electron chi connectivity index (χ3n) is 2.59. The fourth-order valence-electron chi connectivity index (χ4n) is 1.28. The van der Waals surface area contributed by atoms with Crippen LogP contribution in [0, 0.1) is 16.7 Å². The van der Waals surface area contributed by atoms with Gasteiger partial charge in [-0.05, 0) is 20.3 Å². The number of hydrogen-bond donors (Lipinski definition) is 0. The Balaban J connectivity index is 2.83. The van der Waals surface area contributed by atoms with Gasteiger partial charge in [0.1, 0.15) is 12.2 Å². The summed E-state index contributed by atoms with van der Waals surface area (Å²) in [5.74, 6) is 0.901. The molecule has 76 valence electrons. The van der Waals surface area contributed by atoms with E-state index in [1.54, 1.807) is 6.33 Å². The fourth-order valence-corrected chi connectivity index (χ4v) is 1.28. The molecule has 14 heavy (non-hydrogen) atoms. The van der Waals surface area contributed by atoms with E-state index in [1.165, 1.54) is 0 Å². The van der Waals surface area contributed by atoms with Crippen molar-refractivity contribution in [3.8, 4) is 6.07 Å². The van der Waals surface area contributed by atoms with Crippen molar-refractivity contribution in [2.75, 3.05) is 0 Å². The van der Waals surface area contributed by atoms with Gasteiger partial charge in [0.2, 0.25) is 0 Å². The van der Waals surface area contributed by atoms with Crippen molar-refractivity contribution in [2.45, 2.75) is 40.2 Å². The van der Waals surface area contributed by atoms with E-state index >= 15 is 0 Å². The van der Waals surface area contributed by atoms with Crippen LogP contribution in [0.2, 0.25) is 0 Å². The molecule has 0 N–H and O–H groups in total. The van der Waals surface area contributed by atoms with Crippen molar-refractivity contribution in [2.24, 2.45) is 5.41 Å². The molecule has 0 spiro atoms. The number of aryl methyl sites for hydroxylation is 1. The Morgan fingerprint density at radius 1 is 1.57 bits per heavy atom. The Bertz CT molecular complexity index is 336. The summed E-state index contributed by atoms with van der Waals surface area (Å²) in [6.07, 6.45) is 3.06. The van der Waals surface area contributed by atoms with Crippen LogP contribution >= 0.6 is 0 Å². The summed E-state index contributed by atoms with van der Waals surface area (Å²) >= 11 is 0. The normalized spacial score (nSPS) is 14.7. The lowest BCUT2D eigenvalue weighted by Gasteiger charge is -2.18. The van der Waals surface area contributed by atoms with E-state index in [0.717, 1.165) is 18.8 Å². The molecule has 0 aromatic carbocycles. The average Bonchev–Trinajstić information content (AvgIpc) is 2.65. The van der Waals surface area contributed by atoms with Gasteiger partial charge in [0.05, 0.1) is 11.5 Å². The summed E-state index contributed by atoms with van der Waals surface area (Å²) in [4.78, 5) is 4.17. The van der Waals surface area contributed by atoms with Crippen LogP contribution in [0.5, 0.6) is 0 Å². The van der Waals surface area contributed by atoms with Gasteiger partial charge in [-0.15, -0.1) is 0 Å². The maximum absolute atomic E-state index is 9.04. The Hall–Kier alpha value is -1.37. The summed E-state index contributed by atoms with van der Waals surface area (Å²) in [6.45, 7) is 6.81. The highest BCUT2D eigenvalue weighted by atomic mass is 15.3. The predicted molar refractivity (Wildman–Crippen MR) is 53.4 cm³/mol. The van der Waals surface area contributed by atoms with Crippen LogP contribution in [0.3, 0.4) is 0 Å². The van der Waals surface area contributed by atoms with Crippen LogP contribution < -0.4 is 0 Å². The molecule has 0 aliphatic rings. The highest BCUT2D eigenvalue weighted by Crippen LogP contribution is 2.24. The number of aromatic nitrogens is 3. The number of rotatable bonds is 4. The molecule has 0 radical (unpaired) electrons. The highest BCUT2D eigenvalue weighted by molar-refractivity contribution is 5.02. The minimum Gasteiger partial charge on any atom is -0.250 e. The topological polar surface area (TPSA) is 54.5 Å². The van der Waals surface area contributed by atoms with E-state index in [1.807, 2.05) is 25.5 Å². The lowest BCUT2D eigenvalue weighted by molar-refractivity contribution is 0.400. The lowest BCUT2D eigenvalue weighted by Crippen LogP contribution is -2.19. The van der Waals surface area contributed by atoms with Crippen LogP contribution in [-0.4, -0.2) is 14.8 Å². The molecular formula is C10H16N4. The third-order valence-corrected chi connectivity index (χ3v) is 2.59. The van der Waals surface area contributed by atoms with Gasteiger partial charge < -0.3 is 0 Å². The van der Waals surface area contributed by atoms with Crippen LogP contribution in [0.25, 0.3) is 0 Å². The predicted octanol–water partition coefficient (Wildman–Crippen LogP) is 1.78. The zero-order valence-corrected chi connectivity index (χ0v) is 8.99. The van der Waals surface area contributed by atoms with Crippen molar-refractivity contribution in [3.63, 3.8) is 0 Å². The number of hydrogen-bond acceptors (Lipinski definition) is 3. The zero-order chi connectivity index (χ0) is 10.6. The Kier molecular flexibility index (Phi) is 3.23. The van der Waals surface area contributed by atoms with Crippen molar-refractivity contribution < 1.29 is 0 Å². The van der Waals surface area contributed by atoms with Gasteiger partial charge in [-0.3, -0.25) is 4.68 Å². The molecule has 0 bridgehead atoms. The molecule has 1 rings (SSSR count). The van der Waals surface area contributed by atoms with Gasteiger partial charge in [0.25, 0.3) is 0 Å². The standard InChI is InChI=1S/C10H16N4/c1-4-10(3,7-11)6-9-12-8-13-14(9)5-2/h8H,4-6H2,1-3H3. The van der Waals surface area contributed by atoms with E-state index in [-0.39, 0.29) is 5.41 Å². The van der Waals surface area contributed by atoms with Crippen molar-refractivity contribution in [1.82, 2.24) is 14.8 Å². The summed E-state index contributed by atoms with van der Waals surface area (Å²) in [5, 5.41) is 13.1. The van der Waals surface area contributed by atoms with Gasteiger partial charge in [-0.1, -0.05) is 6.92 Å². The first-order valence-electron chi connectivity index (χ1n) is 4.93. The number of nitrogens with zero attached hydrogens (tertiary/aromatic N) is 4. The van der Waals surface area contributed by atoms with E-state index in [0.29, 0.717) is 6.42 Å². The molecule has 1 heterocycles. The van der Waals surface area contributed by atoms with E-state index in [4.69, 9.17) is 5.26 Å². The second-order valence-electron chi connectivity index (χ2n) is 3.69. The molecule has 1 aromatic rings. The molecule has 4 nitrogen and oxygen atoms in total. The quantitative estimate of drug-likeness (QED) is 0.730. The van der Waals surface area contributed by atoms with Crippen molar-refractivity contribution in [3.05, 3.63) is 12.2 Å². The monoisotopic (exact) mass is 192 g/mol. The van der Waals surface area contributed by atoms with Gasteiger partial charge in [0, 0.05) is 13.0 Å². The van der Waals surface area contributed by atoms with Crippen LogP contribution in [-0.2, 0) is 13.0 Å². The summed E-state index contributed by atoms with van der Waals surface area (Å²) < 4.78 is 1.84.